The van der Waals surface area contributed by atoms with Crippen molar-refractivity contribution in [3.63, 3.8) is 0 Å². The van der Waals surface area contributed by atoms with Crippen molar-refractivity contribution < 1.29 is 9.59 Å². The summed E-state index contributed by atoms with van der Waals surface area (Å²) in [6.07, 6.45) is 4.73. The van der Waals surface area contributed by atoms with Crippen LogP contribution >= 0.6 is 0 Å². The van der Waals surface area contributed by atoms with Crippen LogP contribution < -0.4 is 5.73 Å². The second kappa shape index (κ2) is 7.63. The predicted octanol–water partition coefficient (Wildman–Crippen LogP) is 2.93. The maximum absolute atomic E-state index is 12.9. The predicted molar refractivity (Wildman–Crippen MR) is 108 cm³/mol. The third-order valence-electron chi connectivity index (χ3n) is 6.30. The molecule has 0 atom stereocenters. The number of hydrogen-bond donors (Lipinski definition) is 1. The summed E-state index contributed by atoms with van der Waals surface area (Å²) >= 11 is 0. The minimum Gasteiger partial charge on any atom is -0.368 e. The molecule has 1 aromatic carbocycles. The van der Waals surface area contributed by atoms with Crippen molar-refractivity contribution in [2.75, 3.05) is 26.2 Å². The molecule has 1 aromatic rings. The summed E-state index contributed by atoms with van der Waals surface area (Å²) in [5.41, 5.74) is 7.27. The molecule has 2 amide bonds. The van der Waals surface area contributed by atoms with Crippen molar-refractivity contribution in [2.24, 2.45) is 5.73 Å². The van der Waals surface area contributed by atoms with Gasteiger partial charge in [-0.1, -0.05) is 39.3 Å². The molecule has 0 aromatic heterocycles. The quantitative estimate of drug-likeness (QED) is 0.888. The molecular weight excluding hydrogens is 338 g/mol. The minimum atomic E-state index is -0.576. The lowest BCUT2D eigenvalue weighted by atomic mass is 9.83. The van der Waals surface area contributed by atoms with E-state index >= 15 is 0 Å². The van der Waals surface area contributed by atoms with Gasteiger partial charge in [0.25, 0.3) is 5.91 Å². The molecule has 0 aliphatic carbocycles. The fourth-order valence-electron chi connectivity index (χ4n) is 4.42. The molecule has 0 bridgehead atoms. The van der Waals surface area contributed by atoms with E-state index in [4.69, 9.17) is 5.73 Å². The van der Waals surface area contributed by atoms with E-state index in [0.29, 0.717) is 31.5 Å². The first-order chi connectivity index (χ1) is 12.7. The number of nitrogens with two attached hydrogens (primary N) is 1. The van der Waals surface area contributed by atoms with Gasteiger partial charge in [0.2, 0.25) is 5.91 Å². The third-order valence-corrected chi connectivity index (χ3v) is 6.30. The lowest BCUT2D eigenvalue weighted by molar-refractivity contribution is -0.134. The smallest absolute Gasteiger partial charge is 0.253 e. The van der Waals surface area contributed by atoms with Gasteiger partial charge in [0.05, 0.1) is 0 Å². The molecule has 2 aliphatic rings. The molecule has 0 saturated carbocycles. The van der Waals surface area contributed by atoms with E-state index in [1.54, 1.807) is 0 Å². The number of piperidine rings is 2. The second-order valence-corrected chi connectivity index (χ2v) is 9.06. The molecule has 0 spiro atoms. The van der Waals surface area contributed by atoms with Crippen molar-refractivity contribution in [1.29, 1.82) is 0 Å². The van der Waals surface area contributed by atoms with Gasteiger partial charge in [-0.15, -0.1) is 0 Å². The summed E-state index contributed by atoms with van der Waals surface area (Å²) in [4.78, 5) is 29.4. The molecule has 2 heterocycles. The number of carbonyl (C=O) groups excluding carboxylic acids is 2. The molecule has 5 heteroatoms. The van der Waals surface area contributed by atoms with Crippen molar-refractivity contribution in [3.8, 4) is 0 Å². The minimum absolute atomic E-state index is 0.0483. The van der Waals surface area contributed by atoms with Crippen LogP contribution in [0.1, 0.15) is 68.8 Å². The lowest BCUT2D eigenvalue weighted by Gasteiger charge is -2.48. The van der Waals surface area contributed by atoms with Crippen LogP contribution in [-0.4, -0.2) is 53.3 Å². The maximum atomic E-state index is 12.9. The monoisotopic (exact) mass is 371 g/mol. The zero-order chi connectivity index (χ0) is 19.7. The summed E-state index contributed by atoms with van der Waals surface area (Å²) < 4.78 is 0. The molecule has 3 rings (SSSR count). The van der Waals surface area contributed by atoms with Crippen LogP contribution in [0.15, 0.2) is 24.3 Å². The average Bonchev–Trinajstić information content (AvgIpc) is 2.67. The second-order valence-electron chi connectivity index (χ2n) is 9.06. The number of primary amides is 1. The van der Waals surface area contributed by atoms with E-state index < -0.39 is 5.54 Å². The standard InChI is InChI=1S/C22H33N3O2/c1-21(2,3)18-9-7-17(8-10-18)19(26)24-15-11-22(12-16-24,20(23)27)25-13-5-4-6-14-25/h7-10H,4-6,11-16H2,1-3H3,(H2,23,27). The SMILES string of the molecule is CC(C)(C)c1ccc(C(=O)N2CCC(C(N)=O)(N3CCCCC3)CC2)cc1. The number of nitrogens with zero attached hydrogens (tertiary/aromatic N) is 2. The van der Waals surface area contributed by atoms with Gasteiger partial charge in [-0.25, -0.2) is 0 Å². The highest BCUT2D eigenvalue weighted by atomic mass is 16.2. The summed E-state index contributed by atoms with van der Waals surface area (Å²) in [6.45, 7) is 9.53. The fourth-order valence-corrected chi connectivity index (χ4v) is 4.42. The molecule has 2 fully saturated rings. The molecule has 27 heavy (non-hydrogen) atoms. The van der Waals surface area contributed by atoms with Crippen LogP contribution in [0, 0.1) is 0 Å². The Morgan fingerprint density at radius 1 is 0.926 bits per heavy atom. The molecule has 148 valence electrons. The number of carbonyl (C=O) groups is 2. The number of hydrogen-bond acceptors (Lipinski definition) is 3. The summed E-state index contributed by atoms with van der Waals surface area (Å²) in [6, 6.07) is 7.92. The van der Waals surface area contributed by atoms with E-state index in [2.05, 4.69) is 25.7 Å². The number of rotatable bonds is 3. The third kappa shape index (κ3) is 4.03. The Morgan fingerprint density at radius 2 is 1.48 bits per heavy atom. The number of amides is 2. The van der Waals surface area contributed by atoms with Crippen LogP contribution in [0.3, 0.4) is 0 Å². The van der Waals surface area contributed by atoms with E-state index in [-0.39, 0.29) is 17.2 Å². The van der Waals surface area contributed by atoms with Gasteiger partial charge >= 0.3 is 0 Å². The highest BCUT2D eigenvalue weighted by molar-refractivity contribution is 5.94. The first-order valence-electron chi connectivity index (χ1n) is 10.2. The highest BCUT2D eigenvalue weighted by Crippen LogP contribution is 2.32. The molecule has 2 aliphatic heterocycles. The van der Waals surface area contributed by atoms with E-state index in [1.807, 2.05) is 29.2 Å². The van der Waals surface area contributed by atoms with Crippen LogP contribution in [0.25, 0.3) is 0 Å². The van der Waals surface area contributed by atoms with Gasteiger partial charge in [0.1, 0.15) is 5.54 Å². The Bertz CT molecular complexity index is 677. The summed E-state index contributed by atoms with van der Waals surface area (Å²) in [5.74, 6) is -0.182. The molecule has 0 unspecified atom stereocenters. The molecule has 0 radical (unpaired) electrons. The maximum Gasteiger partial charge on any atom is 0.253 e. The lowest BCUT2D eigenvalue weighted by Crippen LogP contribution is -2.63. The van der Waals surface area contributed by atoms with Crippen LogP contribution in [0.2, 0.25) is 0 Å². The number of benzene rings is 1. The normalized spacial score (nSPS) is 21.1. The first kappa shape index (κ1) is 19.9. The zero-order valence-electron chi connectivity index (χ0n) is 17.0. The molecule has 5 nitrogen and oxygen atoms in total. The van der Waals surface area contributed by atoms with E-state index in [0.717, 1.165) is 25.9 Å². The van der Waals surface area contributed by atoms with Gasteiger partial charge in [0, 0.05) is 18.7 Å². The average molecular weight is 372 g/mol. The molecular formula is C22H33N3O2. The number of likely N-dealkylation sites (tertiary alicyclic amines) is 2. The zero-order valence-corrected chi connectivity index (χ0v) is 17.0. The van der Waals surface area contributed by atoms with Gasteiger partial charge < -0.3 is 10.6 Å². The first-order valence-corrected chi connectivity index (χ1v) is 10.2. The molecule has 2 N–H and O–H groups in total. The van der Waals surface area contributed by atoms with Crippen molar-refractivity contribution in [1.82, 2.24) is 9.80 Å². The van der Waals surface area contributed by atoms with Gasteiger partial charge in [-0.3, -0.25) is 14.5 Å². The van der Waals surface area contributed by atoms with Crippen molar-refractivity contribution >= 4 is 11.8 Å². The van der Waals surface area contributed by atoms with Crippen LogP contribution in [-0.2, 0) is 10.2 Å². The van der Waals surface area contributed by atoms with Crippen molar-refractivity contribution in [3.05, 3.63) is 35.4 Å². The van der Waals surface area contributed by atoms with Crippen molar-refractivity contribution in [2.45, 2.75) is 63.8 Å². The Balaban J connectivity index is 1.68. The fraction of sp³-hybridized carbons (Fsp3) is 0.636. The Morgan fingerprint density at radius 3 is 1.96 bits per heavy atom. The van der Waals surface area contributed by atoms with E-state index in [1.165, 1.54) is 12.0 Å². The van der Waals surface area contributed by atoms with Gasteiger partial charge in [0.15, 0.2) is 0 Å². The van der Waals surface area contributed by atoms with Gasteiger partial charge in [-0.05, 0) is 61.9 Å². The highest BCUT2D eigenvalue weighted by Gasteiger charge is 2.45. The van der Waals surface area contributed by atoms with Crippen LogP contribution in [0.4, 0.5) is 0 Å². The van der Waals surface area contributed by atoms with E-state index in [9.17, 15) is 9.59 Å². The summed E-state index contributed by atoms with van der Waals surface area (Å²) in [5, 5.41) is 0. The van der Waals surface area contributed by atoms with Gasteiger partial charge in [-0.2, -0.15) is 0 Å². The topological polar surface area (TPSA) is 66.6 Å². The Kier molecular flexibility index (Phi) is 5.61. The Hall–Kier alpha value is -1.88. The Labute approximate surface area is 162 Å². The molecule has 2 saturated heterocycles. The summed E-state index contributed by atoms with van der Waals surface area (Å²) in [7, 11) is 0. The van der Waals surface area contributed by atoms with Crippen LogP contribution in [0.5, 0.6) is 0 Å². The largest absolute Gasteiger partial charge is 0.368 e.